The van der Waals surface area contributed by atoms with Gasteiger partial charge in [-0.15, -0.1) is 0 Å². The summed E-state index contributed by atoms with van der Waals surface area (Å²) >= 11 is 2.14. The third-order valence-corrected chi connectivity index (χ3v) is 16.2. The molecule has 0 radical (unpaired) electrons. The molecule has 0 saturated heterocycles. The molecule has 3 aromatic carbocycles. The molecule has 2 aliphatic carbocycles. The molecular weight excluding hydrogens is 1100 g/mol. The number of nitrogens with zero attached hydrogens (tertiary/aromatic N) is 2. The zero-order valence-corrected chi connectivity index (χ0v) is 47.6. The second-order valence-corrected chi connectivity index (χ2v) is 22.7. The Morgan fingerprint density at radius 2 is 0.939 bits per heavy atom. The van der Waals surface area contributed by atoms with Gasteiger partial charge >= 0.3 is 47.8 Å². The maximum atomic E-state index is 13.7. The van der Waals surface area contributed by atoms with Crippen LogP contribution in [0.25, 0.3) is 0 Å². The summed E-state index contributed by atoms with van der Waals surface area (Å²) in [6.07, 6.45) is 8.67. The van der Waals surface area contributed by atoms with Gasteiger partial charge in [-0.2, -0.15) is 10.5 Å². The van der Waals surface area contributed by atoms with E-state index in [0.29, 0.717) is 102 Å². The standard InChI is InChI=1S/C61H66N2O17S2/c1-5-50(64)73-33-10-8-7-9-32-72-45-23-25-47(26-24-45)78-57(69)41-15-19-43(20-16-41)59(71)80-49-28-27-48(54-55(49)82-60(81-54)44(35-62)36-63)79-58(70)42-17-13-40(14-18-42)56(68)77-46-21-11-39(12-22-46)31-34-74-52(66)29-30-53(67)76-38-61(3,4)37-75-51(65)6-2/h5-6,11-12,21-28,40-43H,1-2,7-10,13-20,29-34,37-38H2,3-4H3. The summed E-state index contributed by atoms with van der Waals surface area (Å²) in [6.45, 7) is 11.2. The Hall–Kier alpha value is -7.88. The average molecular weight is 1160 g/mol. The lowest BCUT2D eigenvalue weighted by Crippen LogP contribution is -2.30. The summed E-state index contributed by atoms with van der Waals surface area (Å²) in [5, 5.41) is 19.4. The molecule has 19 nitrogen and oxygen atoms in total. The van der Waals surface area contributed by atoms with Gasteiger partial charge in [-0.05, 0) is 131 Å². The molecule has 21 heteroatoms. The summed E-state index contributed by atoms with van der Waals surface area (Å²) in [5.74, 6) is -4.23. The number of fused-ring (bicyclic) bond motifs is 1. The number of allylic oxidation sites excluding steroid dienone is 1. The van der Waals surface area contributed by atoms with Gasteiger partial charge in [0.25, 0.3) is 0 Å². The summed E-state index contributed by atoms with van der Waals surface area (Å²) in [7, 11) is 0. The van der Waals surface area contributed by atoms with Gasteiger partial charge in [0.05, 0.1) is 83.6 Å². The van der Waals surface area contributed by atoms with E-state index in [1.54, 1.807) is 62.4 Å². The fourth-order valence-corrected chi connectivity index (χ4v) is 11.3. The Morgan fingerprint density at radius 1 is 0.524 bits per heavy atom. The highest BCUT2D eigenvalue weighted by molar-refractivity contribution is 8.24. The molecule has 0 atom stereocenters. The first kappa shape index (κ1) is 63.3. The van der Waals surface area contributed by atoms with Crippen molar-refractivity contribution >= 4 is 71.3 Å². The van der Waals surface area contributed by atoms with Crippen LogP contribution in [-0.2, 0) is 63.7 Å². The van der Waals surface area contributed by atoms with Gasteiger partial charge in [-0.3, -0.25) is 28.8 Å². The summed E-state index contributed by atoms with van der Waals surface area (Å²) < 4.78 is 49.9. The lowest BCUT2D eigenvalue weighted by molar-refractivity contribution is -0.154. The molecule has 0 amide bonds. The van der Waals surface area contributed by atoms with Crippen molar-refractivity contribution in [2.45, 2.75) is 120 Å². The highest BCUT2D eigenvalue weighted by atomic mass is 32.2. The van der Waals surface area contributed by atoms with Crippen LogP contribution in [0.5, 0.6) is 28.7 Å². The van der Waals surface area contributed by atoms with Crippen LogP contribution >= 0.6 is 23.5 Å². The highest BCUT2D eigenvalue weighted by Crippen LogP contribution is 2.59. The molecule has 2 fully saturated rings. The summed E-state index contributed by atoms with van der Waals surface area (Å²) in [4.78, 5) is 101. The first-order chi connectivity index (χ1) is 39.5. The van der Waals surface area contributed by atoms with Gasteiger partial charge in [-0.25, -0.2) is 9.59 Å². The number of rotatable bonds is 28. The van der Waals surface area contributed by atoms with E-state index in [1.807, 2.05) is 12.1 Å². The van der Waals surface area contributed by atoms with Crippen molar-refractivity contribution in [1.29, 1.82) is 10.5 Å². The van der Waals surface area contributed by atoms with E-state index in [-0.39, 0.29) is 49.7 Å². The fourth-order valence-electron chi connectivity index (χ4n) is 8.80. The Kier molecular flexibility index (Phi) is 24.7. The van der Waals surface area contributed by atoms with E-state index in [0.717, 1.165) is 66.9 Å². The van der Waals surface area contributed by atoms with Crippen molar-refractivity contribution in [2.75, 3.05) is 33.0 Å². The smallest absolute Gasteiger partial charge is 0.330 e. The van der Waals surface area contributed by atoms with Crippen LogP contribution in [0.4, 0.5) is 0 Å². The molecule has 0 N–H and O–H groups in total. The monoisotopic (exact) mass is 1160 g/mol. The first-order valence-corrected chi connectivity index (χ1v) is 28.8. The molecule has 0 unspecified atom stereocenters. The summed E-state index contributed by atoms with van der Waals surface area (Å²) in [5.41, 5.74) is 0.0390. The van der Waals surface area contributed by atoms with Crippen LogP contribution in [0.15, 0.2) is 106 Å². The molecule has 0 aromatic heterocycles. The van der Waals surface area contributed by atoms with Gasteiger partial charge in [0.1, 0.15) is 46.5 Å². The SMILES string of the molecule is C=CC(=O)OCCCCCCOc1ccc(OC(=O)C2CCC(C(=O)Oc3ccc(OC(=O)C4CCC(C(=O)Oc5ccc(CCOC(=O)CCC(=O)OCC(C)(C)COC(=O)C=C)cc5)CC4)c4c3SC(=C(C#N)C#N)S4)CC2)cc1. The lowest BCUT2D eigenvalue weighted by Gasteiger charge is -2.26. The van der Waals surface area contributed by atoms with Crippen LogP contribution in [-0.4, -0.2) is 80.8 Å². The number of unbranched alkanes of at least 4 members (excludes halogenated alkanes) is 3. The topological polar surface area (TPSA) is 267 Å². The number of esters is 8. The molecule has 2 saturated carbocycles. The molecule has 0 bridgehead atoms. The molecule has 434 valence electrons. The van der Waals surface area contributed by atoms with Crippen LogP contribution < -0.4 is 23.7 Å². The van der Waals surface area contributed by atoms with Crippen LogP contribution in [0.2, 0.25) is 0 Å². The fraction of sp³-hybridized carbons (Fsp3) is 0.443. The van der Waals surface area contributed by atoms with Gasteiger partial charge in [0, 0.05) is 24.0 Å². The molecule has 1 aliphatic heterocycles. The number of ether oxygens (including phenoxy) is 9. The highest BCUT2D eigenvalue weighted by Gasteiger charge is 2.37. The predicted molar refractivity (Wildman–Crippen MR) is 298 cm³/mol. The van der Waals surface area contributed by atoms with E-state index >= 15 is 0 Å². The minimum Gasteiger partial charge on any atom is -0.494 e. The normalized spacial score (nSPS) is 17.2. The van der Waals surface area contributed by atoms with Gasteiger partial charge in [-0.1, -0.05) is 62.7 Å². The lowest BCUT2D eigenvalue weighted by atomic mass is 9.82. The van der Waals surface area contributed by atoms with E-state index in [1.165, 1.54) is 12.1 Å². The molecule has 1 heterocycles. The number of benzene rings is 3. The molecule has 6 rings (SSSR count). The second-order valence-electron chi connectivity index (χ2n) is 20.4. The average Bonchev–Trinajstić information content (AvgIpc) is 4.14. The van der Waals surface area contributed by atoms with Crippen molar-refractivity contribution in [3.8, 4) is 40.9 Å². The zero-order valence-electron chi connectivity index (χ0n) is 45.9. The number of carbonyl (C=O) groups is 8. The number of nitriles is 2. The van der Waals surface area contributed by atoms with E-state index in [2.05, 4.69) is 13.2 Å². The Bertz CT molecular complexity index is 2910. The molecule has 0 spiro atoms. The third kappa shape index (κ3) is 20.0. The minimum atomic E-state index is -0.626. The van der Waals surface area contributed by atoms with Gasteiger partial charge in [0.15, 0.2) is 0 Å². The zero-order chi connectivity index (χ0) is 59.0. The second kappa shape index (κ2) is 31.9. The maximum absolute atomic E-state index is 13.7. The maximum Gasteiger partial charge on any atom is 0.330 e. The van der Waals surface area contributed by atoms with E-state index in [4.69, 9.17) is 42.6 Å². The predicted octanol–water partition coefficient (Wildman–Crippen LogP) is 10.6. The molecule has 3 aromatic rings. The van der Waals surface area contributed by atoms with E-state index < -0.39 is 76.8 Å². The van der Waals surface area contributed by atoms with Crippen LogP contribution in [0, 0.1) is 51.7 Å². The Morgan fingerprint density at radius 3 is 1.41 bits per heavy atom. The van der Waals surface area contributed by atoms with Crippen molar-refractivity contribution < 1.29 is 81.0 Å². The molecule has 3 aliphatic rings. The summed E-state index contributed by atoms with van der Waals surface area (Å²) in [6, 6.07) is 20.4. The van der Waals surface area contributed by atoms with Crippen molar-refractivity contribution in [3.05, 3.63) is 101 Å². The van der Waals surface area contributed by atoms with Crippen molar-refractivity contribution in [1.82, 2.24) is 0 Å². The third-order valence-electron chi connectivity index (χ3n) is 13.6. The van der Waals surface area contributed by atoms with Crippen molar-refractivity contribution in [2.24, 2.45) is 29.1 Å². The minimum absolute atomic E-state index is 0.00753. The quantitative estimate of drug-likeness (QED) is 0.0163. The van der Waals surface area contributed by atoms with Crippen LogP contribution in [0.1, 0.15) is 109 Å². The number of hydrogen-bond donors (Lipinski definition) is 0. The first-order valence-electron chi connectivity index (χ1n) is 27.1. The molecule has 82 heavy (non-hydrogen) atoms. The Labute approximate surface area is 484 Å². The van der Waals surface area contributed by atoms with Gasteiger partial charge < -0.3 is 42.6 Å². The van der Waals surface area contributed by atoms with Crippen molar-refractivity contribution in [3.63, 3.8) is 0 Å². The van der Waals surface area contributed by atoms with E-state index in [9.17, 15) is 48.9 Å². The molecular formula is C61H66N2O17S2. The largest absolute Gasteiger partial charge is 0.494 e. The number of thioether (sulfide) groups is 2. The van der Waals surface area contributed by atoms with Crippen LogP contribution in [0.3, 0.4) is 0 Å². The van der Waals surface area contributed by atoms with Gasteiger partial charge in [0.2, 0.25) is 0 Å². The number of hydrogen-bond acceptors (Lipinski definition) is 21. The Balaban J connectivity index is 0.904. The number of carbonyl (C=O) groups excluding carboxylic acids is 8.